The summed E-state index contributed by atoms with van der Waals surface area (Å²) < 4.78 is 21.9. The van der Waals surface area contributed by atoms with E-state index >= 15 is 0 Å². The van der Waals surface area contributed by atoms with E-state index in [1.807, 2.05) is 18.5 Å². The highest BCUT2D eigenvalue weighted by molar-refractivity contribution is 9.10. The van der Waals surface area contributed by atoms with E-state index in [2.05, 4.69) is 21.0 Å². The molecular formula is C14H16BrFN2O. The SMILES string of the molecule is CCn1nc(C)c(Br)c1COc1ccc(C)c(F)c1. The second-order valence-corrected chi connectivity index (χ2v) is 5.15. The van der Waals surface area contributed by atoms with Crippen molar-refractivity contribution in [3.8, 4) is 5.75 Å². The summed E-state index contributed by atoms with van der Waals surface area (Å²) in [6.07, 6.45) is 0. The molecule has 0 amide bonds. The first kappa shape index (κ1) is 14.1. The number of rotatable bonds is 4. The summed E-state index contributed by atoms with van der Waals surface area (Å²) in [4.78, 5) is 0. The lowest BCUT2D eigenvalue weighted by atomic mass is 10.2. The fraction of sp³-hybridized carbons (Fsp3) is 0.357. The Morgan fingerprint density at radius 1 is 1.37 bits per heavy atom. The minimum atomic E-state index is -0.253. The lowest BCUT2D eigenvalue weighted by Crippen LogP contribution is -2.06. The zero-order valence-corrected chi connectivity index (χ0v) is 12.8. The van der Waals surface area contributed by atoms with Gasteiger partial charge >= 0.3 is 0 Å². The predicted octanol–water partition coefficient (Wildman–Crippen LogP) is 4.00. The van der Waals surface area contributed by atoms with E-state index in [4.69, 9.17) is 4.74 Å². The van der Waals surface area contributed by atoms with E-state index in [9.17, 15) is 4.39 Å². The molecule has 0 N–H and O–H groups in total. The van der Waals surface area contributed by atoms with Crippen LogP contribution < -0.4 is 4.74 Å². The highest BCUT2D eigenvalue weighted by Crippen LogP contribution is 2.23. The first-order valence-electron chi connectivity index (χ1n) is 6.13. The number of ether oxygens (including phenoxy) is 1. The molecule has 0 aliphatic heterocycles. The van der Waals surface area contributed by atoms with Crippen LogP contribution in [-0.4, -0.2) is 9.78 Å². The molecule has 0 aliphatic carbocycles. The maximum Gasteiger partial charge on any atom is 0.131 e. The van der Waals surface area contributed by atoms with Gasteiger partial charge in [-0.1, -0.05) is 6.07 Å². The van der Waals surface area contributed by atoms with Gasteiger partial charge in [0.2, 0.25) is 0 Å². The number of hydrogen-bond donors (Lipinski definition) is 0. The smallest absolute Gasteiger partial charge is 0.131 e. The van der Waals surface area contributed by atoms with Gasteiger partial charge in [-0.05, 0) is 48.3 Å². The Morgan fingerprint density at radius 2 is 2.11 bits per heavy atom. The molecule has 102 valence electrons. The first-order chi connectivity index (χ1) is 9.02. The highest BCUT2D eigenvalue weighted by atomic mass is 79.9. The van der Waals surface area contributed by atoms with E-state index in [0.717, 1.165) is 22.4 Å². The van der Waals surface area contributed by atoms with Crippen molar-refractivity contribution in [3.05, 3.63) is 45.4 Å². The van der Waals surface area contributed by atoms with Crippen LogP contribution in [0, 0.1) is 19.7 Å². The van der Waals surface area contributed by atoms with Crippen LogP contribution in [-0.2, 0) is 13.2 Å². The van der Waals surface area contributed by atoms with Gasteiger partial charge in [0.05, 0.1) is 15.9 Å². The Labute approximate surface area is 120 Å². The van der Waals surface area contributed by atoms with E-state index in [1.54, 1.807) is 19.1 Å². The molecule has 0 fully saturated rings. The maximum absolute atomic E-state index is 13.4. The van der Waals surface area contributed by atoms with Gasteiger partial charge in [0.1, 0.15) is 18.2 Å². The first-order valence-corrected chi connectivity index (χ1v) is 6.93. The standard InChI is InChI=1S/C14H16BrFN2O/c1-4-18-13(14(15)10(3)17-18)8-19-11-6-5-9(2)12(16)7-11/h5-7H,4,8H2,1-3H3. The van der Waals surface area contributed by atoms with Gasteiger partial charge in [0, 0.05) is 12.6 Å². The fourth-order valence-corrected chi connectivity index (χ4v) is 2.22. The third kappa shape index (κ3) is 2.97. The highest BCUT2D eigenvalue weighted by Gasteiger charge is 2.12. The summed E-state index contributed by atoms with van der Waals surface area (Å²) in [7, 11) is 0. The van der Waals surface area contributed by atoms with Gasteiger partial charge in [-0.3, -0.25) is 4.68 Å². The summed E-state index contributed by atoms with van der Waals surface area (Å²) in [6.45, 7) is 6.82. The average molecular weight is 327 g/mol. The predicted molar refractivity (Wildman–Crippen MR) is 75.8 cm³/mol. The van der Waals surface area contributed by atoms with Gasteiger partial charge in [0.15, 0.2) is 0 Å². The quantitative estimate of drug-likeness (QED) is 0.849. The number of halogens is 2. The molecule has 1 aromatic carbocycles. The van der Waals surface area contributed by atoms with Crippen molar-refractivity contribution in [2.24, 2.45) is 0 Å². The lowest BCUT2D eigenvalue weighted by molar-refractivity contribution is 0.290. The molecule has 1 heterocycles. The molecule has 0 radical (unpaired) electrons. The van der Waals surface area contributed by atoms with Gasteiger partial charge in [-0.2, -0.15) is 5.10 Å². The van der Waals surface area contributed by atoms with E-state index in [0.29, 0.717) is 17.9 Å². The van der Waals surface area contributed by atoms with Crippen LogP contribution in [0.4, 0.5) is 4.39 Å². The normalized spacial score (nSPS) is 10.8. The number of aryl methyl sites for hydroxylation is 3. The van der Waals surface area contributed by atoms with Crippen molar-refractivity contribution in [2.45, 2.75) is 33.9 Å². The number of benzene rings is 1. The molecule has 0 spiro atoms. The van der Waals surface area contributed by atoms with Crippen LogP contribution in [0.15, 0.2) is 22.7 Å². The van der Waals surface area contributed by atoms with Crippen LogP contribution >= 0.6 is 15.9 Å². The van der Waals surface area contributed by atoms with E-state index in [-0.39, 0.29) is 5.82 Å². The molecular weight excluding hydrogens is 311 g/mol. The summed E-state index contributed by atoms with van der Waals surface area (Å²) in [5.74, 6) is 0.272. The molecule has 2 aromatic rings. The Hall–Kier alpha value is -1.36. The number of hydrogen-bond acceptors (Lipinski definition) is 2. The molecule has 3 nitrogen and oxygen atoms in total. The van der Waals surface area contributed by atoms with Crippen molar-refractivity contribution in [3.63, 3.8) is 0 Å². The van der Waals surface area contributed by atoms with Crippen LogP contribution in [0.25, 0.3) is 0 Å². The third-order valence-electron chi connectivity index (χ3n) is 2.97. The second kappa shape index (κ2) is 5.74. The minimum Gasteiger partial charge on any atom is -0.487 e. The molecule has 0 atom stereocenters. The zero-order valence-electron chi connectivity index (χ0n) is 11.2. The van der Waals surface area contributed by atoms with Crippen LogP contribution in [0.2, 0.25) is 0 Å². The Kier molecular flexibility index (Phi) is 4.24. The average Bonchev–Trinajstić information content (AvgIpc) is 2.67. The summed E-state index contributed by atoms with van der Waals surface area (Å²) in [5, 5.41) is 4.39. The molecule has 0 bridgehead atoms. The number of nitrogens with zero attached hydrogens (tertiary/aromatic N) is 2. The molecule has 19 heavy (non-hydrogen) atoms. The van der Waals surface area contributed by atoms with Crippen molar-refractivity contribution < 1.29 is 9.13 Å². The fourth-order valence-electron chi connectivity index (χ4n) is 1.82. The Morgan fingerprint density at radius 3 is 2.74 bits per heavy atom. The summed E-state index contributed by atoms with van der Waals surface area (Å²) in [5.41, 5.74) is 2.50. The topological polar surface area (TPSA) is 27.1 Å². The minimum absolute atomic E-state index is 0.253. The molecule has 0 aliphatic rings. The summed E-state index contributed by atoms with van der Waals surface area (Å²) in [6, 6.07) is 4.89. The molecule has 0 unspecified atom stereocenters. The molecule has 5 heteroatoms. The lowest BCUT2D eigenvalue weighted by Gasteiger charge is -2.09. The van der Waals surface area contributed by atoms with Crippen molar-refractivity contribution in [1.29, 1.82) is 0 Å². The van der Waals surface area contributed by atoms with Crippen molar-refractivity contribution in [2.75, 3.05) is 0 Å². The second-order valence-electron chi connectivity index (χ2n) is 4.36. The monoisotopic (exact) mass is 326 g/mol. The maximum atomic E-state index is 13.4. The van der Waals surface area contributed by atoms with Crippen LogP contribution in [0.5, 0.6) is 5.75 Å². The molecule has 1 aromatic heterocycles. The van der Waals surface area contributed by atoms with Crippen LogP contribution in [0.3, 0.4) is 0 Å². The number of aromatic nitrogens is 2. The summed E-state index contributed by atoms with van der Waals surface area (Å²) >= 11 is 3.50. The van der Waals surface area contributed by atoms with E-state index < -0.39 is 0 Å². The van der Waals surface area contributed by atoms with Crippen molar-refractivity contribution in [1.82, 2.24) is 9.78 Å². The van der Waals surface area contributed by atoms with Gasteiger partial charge < -0.3 is 4.74 Å². The molecule has 0 saturated heterocycles. The van der Waals surface area contributed by atoms with E-state index in [1.165, 1.54) is 6.07 Å². The Balaban J connectivity index is 2.16. The largest absolute Gasteiger partial charge is 0.487 e. The van der Waals surface area contributed by atoms with Gasteiger partial charge in [-0.25, -0.2) is 4.39 Å². The van der Waals surface area contributed by atoms with Crippen LogP contribution in [0.1, 0.15) is 23.9 Å². The van der Waals surface area contributed by atoms with Gasteiger partial charge in [-0.15, -0.1) is 0 Å². The van der Waals surface area contributed by atoms with Gasteiger partial charge in [0.25, 0.3) is 0 Å². The zero-order chi connectivity index (χ0) is 14.0. The Bertz CT molecular complexity index is 595. The third-order valence-corrected chi connectivity index (χ3v) is 4.00. The molecule has 0 saturated carbocycles. The van der Waals surface area contributed by atoms with Crippen molar-refractivity contribution >= 4 is 15.9 Å². The molecule has 2 rings (SSSR count).